The summed E-state index contributed by atoms with van der Waals surface area (Å²) in [5.41, 5.74) is 10.5. The standard InChI is InChI=1S/C22H21ClN6O/c1-29-19-10-15(24)6-9-18(19)27-21(29)25-11-13-2-7-16(8-3-13)30-22-26-12-17(23)20(28-22)14-4-5-14/h2-3,6-10,12,14H,4-5,11,24H2,1H3,(H,25,27). The Hall–Kier alpha value is -3.32. The van der Waals surface area contributed by atoms with E-state index in [1.807, 2.05) is 54.1 Å². The first-order chi connectivity index (χ1) is 14.6. The summed E-state index contributed by atoms with van der Waals surface area (Å²) in [7, 11) is 1.97. The summed E-state index contributed by atoms with van der Waals surface area (Å²) >= 11 is 6.18. The summed E-state index contributed by atoms with van der Waals surface area (Å²) in [4.78, 5) is 13.3. The van der Waals surface area contributed by atoms with Crippen LogP contribution in [0.2, 0.25) is 5.02 Å². The Balaban J connectivity index is 1.26. The van der Waals surface area contributed by atoms with Gasteiger partial charge in [0, 0.05) is 25.2 Å². The van der Waals surface area contributed by atoms with Crippen LogP contribution in [0.5, 0.6) is 11.8 Å². The van der Waals surface area contributed by atoms with Crippen LogP contribution in [0.1, 0.15) is 30.0 Å². The molecule has 0 saturated heterocycles. The lowest BCUT2D eigenvalue weighted by Gasteiger charge is -2.09. The minimum Gasteiger partial charge on any atom is -0.424 e. The van der Waals surface area contributed by atoms with Crippen LogP contribution in [0.15, 0.2) is 48.7 Å². The van der Waals surface area contributed by atoms with Gasteiger partial charge in [-0.25, -0.2) is 9.97 Å². The number of aryl methyl sites for hydroxylation is 1. The summed E-state index contributed by atoms with van der Waals surface area (Å²) in [6.07, 6.45) is 3.86. The molecule has 5 rings (SSSR count). The molecule has 7 nitrogen and oxygen atoms in total. The van der Waals surface area contributed by atoms with Crippen LogP contribution >= 0.6 is 11.6 Å². The highest BCUT2D eigenvalue weighted by atomic mass is 35.5. The second-order valence-corrected chi connectivity index (χ2v) is 7.91. The molecule has 152 valence electrons. The highest BCUT2D eigenvalue weighted by Gasteiger charge is 2.28. The van der Waals surface area contributed by atoms with Crippen molar-refractivity contribution in [3.8, 4) is 11.8 Å². The lowest BCUT2D eigenvalue weighted by Crippen LogP contribution is -2.05. The maximum atomic E-state index is 6.18. The van der Waals surface area contributed by atoms with Gasteiger partial charge in [0.2, 0.25) is 5.95 Å². The van der Waals surface area contributed by atoms with Crippen molar-refractivity contribution in [1.29, 1.82) is 0 Å². The molecule has 2 aromatic heterocycles. The van der Waals surface area contributed by atoms with Gasteiger partial charge >= 0.3 is 6.01 Å². The summed E-state index contributed by atoms with van der Waals surface area (Å²) in [6.45, 7) is 0.635. The third-order valence-electron chi connectivity index (χ3n) is 5.20. The number of anilines is 2. The fourth-order valence-electron chi connectivity index (χ4n) is 3.38. The molecule has 0 atom stereocenters. The molecule has 1 saturated carbocycles. The van der Waals surface area contributed by atoms with Gasteiger partial charge in [-0.05, 0) is 48.7 Å². The summed E-state index contributed by atoms with van der Waals surface area (Å²) < 4.78 is 7.81. The largest absolute Gasteiger partial charge is 0.424 e. The molecule has 1 aliphatic carbocycles. The lowest BCUT2D eigenvalue weighted by molar-refractivity contribution is 0.439. The first-order valence-corrected chi connectivity index (χ1v) is 10.2. The number of imidazole rings is 1. The van der Waals surface area contributed by atoms with E-state index in [2.05, 4.69) is 20.3 Å². The van der Waals surface area contributed by atoms with Crippen molar-refractivity contribution in [3.63, 3.8) is 0 Å². The number of benzene rings is 2. The monoisotopic (exact) mass is 420 g/mol. The van der Waals surface area contributed by atoms with E-state index >= 15 is 0 Å². The maximum absolute atomic E-state index is 6.18. The molecule has 0 aliphatic heterocycles. The number of nitrogens with two attached hydrogens (primary N) is 1. The molecule has 0 unspecified atom stereocenters. The number of aromatic nitrogens is 4. The van der Waals surface area contributed by atoms with Crippen molar-refractivity contribution in [2.45, 2.75) is 25.3 Å². The van der Waals surface area contributed by atoms with E-state index in [0.29, 0.717) is 29.2 Å². The molecule has 0 bridgehead atoms. The Bertz CT molecular complexity index is 1220. The van der Waals surface area contributed by atoms with Crippen LogP contribution in [-0.2, 0) is 13.6 Å². The number of fused-ring (bicyclic) bond motifs is 1. The Kier molecular flexibility index (Phi) is 4.67. The molecule has 2 aromatic carbocycles. The summed E-state index contributed by atoms with van der Waals surface area (Å²) in [6, 6.07) is 13.8. The van der Waals surface area contributed by atoms with Gasteiger partial charge in [-0.15, -0.1) is 0 Å². The van der Waals surface area contributed by atoms with Crippen molar-refractivity contribution in [1.82, 2.24) is 19.5 Å². The molecule has 3 N–H and O–H groups in total. The average Bonchev–Trinajstić information content (AvgIpc) is 3.54. The number of rotatable bonds is 6. The Morgan fingerprint density at radius 3 is 2.73 bits per heavy atom. The lowest BCUT2D eigenvalue weighted by atomic mass is 10.2. The van der Waals surface area contributed by atoms with Gasteiger partial charge in [-0.1, -0.05) is 23.7 Å². The molecule has 0 radical (unpaired) electrons. The van der Waals surface area contributed by atoms with Gasteiger partial charge in [0.05, 0.1) is 27.9 Å². The molecule has 1 fully saturated rings. The molecule has 0 amide bonds. The van der Waals surface area contributed by atoms with Crippen LogP contribution in [0, 0.1) is 0 Å². The fourth-order valence-corrected chi connectivity index (χ4v) is 3.63. The normalized spacial score (nSPS) is 13.5. The highest BCUT2D eigenvalue weighted by molar-refractivity contribution is 6.31. The van der Waals surface area contributed by atoms with Crippen molar-refractivity contribution in [2.24, 2.45) is 7.05 Å². The number of hydrogen-bond donors (Lipinski definition) is 2. The third kappa shape index (κ3) is 3.76. The first kappa shape index (κ1) is 18.7. The zero-order valence-corrected chi connectivity index (χ0v) is 17.2. The molecule has 1 aliphatic rings. The van der Waals surface area contributed by atoms with Gasteiger partial charge in [-0.2, -0.15) is 4.98 Å². The fraction of sp³-hybridized carbons (Fsp3) is 0.227. The third-order valence-corrected chi connectivity index (χ3v) is 5.49. The molecule has 4 aromatic rings. The van der Waals surface area contributed by atoms with Crippen molar-refractivity contribution in [2.75, 3.05) is 11.1 Å². The zero-order chi connectivity index (χ0) is 20.7. The van der Waals surface area contributed by atoms with E-state index in [-0.39, 0.29) is 0 Å². The smallest absolute Gasteiger partial charge is 0.322 e. The zero-order valence-electron chi connectivity index (χ0n) is 16.5. The quantitative estimate of drug-likeness (QED) is 0.432. The Labute approximate surface area is 178 Å². The first-order valence-electron chi connectivity index (χ1n) is 9.82. The van der Waals surface area contributed by atoms with E-state index in [1.54, 1.807) is 6.20 Å². The van der Waals surface area contributed by atoms with Gasteiger partial charge < -0.3 is 20.4 Å². The number of hydrogen-bond acceptors (Lipinski definition) is 6. The number of nitrogens with zero attached hydrogens (tertiary/aromatic N) is 4. The number of nitrogen functional groups attached to an aromatic ring is 1. The molecule has 2 heterocycles. The number of halogens is 1. The predicted octanol–water partition coefficient (Wildman–Crippen LogP) is 4.88. The molecule has 8 heteroatoms. The second kappa shape index (κ2) is 7.50. The summed E-state index contributed by atoms with van der Waals surface area (Å²) in [5.74, 6) is 1.91. The highest BCUT2D eigenvalue weighted by Crippen LogP contribution is 2.42. The Morgan fingerprint density at radius 2 is 1.97 bits per heavy atom. The number of ether oxygens (including phenoxy) is 1. The topological polar surface area (TPSA) is 90.9 Å². The molecule has 30 heavy (non-hydrogen) atoms. The van der Waals surface area contributed by atoms with Crippen LogP contribution in [0.4, 0.5) is 11.6 Å². The van der Waals surface area contributed by atoms with E-state index in [0.717, 1.165) is 46.8 Å². The van der Waals surface area contributed by atoms with Crippen LogP contribution in [0.3, 0.4) is 0 Å². The van der Waals surface area contributed by atoms with E-state index < -0.39 is 0 Å². The number of nitrogens with one attached hydrogen (secondary N) is 1. The van der Waals surface area contributed by atoms with E-state index in [4.69, 9.17) is 22.1 Å². The van der Waals surface area contributed by atoms with Gasteiger partial charge in [0.25, 0.3) is 0 Å². The van der Waals surface area contributed by atoms with Crippen LogP contribution < -0.4 is 15.8 Å². The van der Waals surface area contributed by atoms with Crippen LogP contribution in [-0.4, -0.2) is 19.5 Å². The minimum absolute atomic E-state index is 0.325. The molecular formula is C22H21ClN6O. The van der Waals surface area contributed by atoms with Gasteiger partial charge in [-0.3, -0.25) is 0 Å². The van der Waals surface area contributed by atoms with E-state index in [1.165, 1.54) is 0 Å². The SMILES string of the molecule is Cn1c(NCc2ccc(Oc3ncc(Cl)c(C4CC4)n3)cc2)nc2ccc(N)cc21. The average molecular weight is 421 g/mol. The summed E-state index contributed by atoms with van der Waals surface area (Å²) in [5, 5.41) is 3.98. The maximum Gasteiger partial charge on any atom is 0.322 e. The van der Waals surface area contributed by atoms with Gasteiger partial charge in [0.1, 0.15) is 5.75 Å². The predicted molar refractivity (Wildman–Crippen MR) is 118 cm³/mol. The van der Waals surface area contributed by atoms with Crippen molar-refractivity contribution < 1.29 is 4.74 Å². The molecular weight excluding hydrogens is 400 g/mol. The van der Waals surface area contributed by atoms with E-state index in [9.17, 15) is 0 Å². The van der Waals surface area contributed by atoms with Crippen molar-refractivity contribution >= 4 is 34.3 Å². The van der Waals surface area contributed by atoms with Crippen LogP contribution in [0.25, 0.3) is 11.0 Å². The Morgan fingerprint density at radius 1 is 1.17 bits per heavy atom. The second-order valence-electron chi connectivity index (χ2n) is 7.50. The van der Waals surface area contributed by atoms with Gasteiger partial charge in [0.15, 0.2) is 0 Å². The minimum atomic E-state index is 0.325. The van der Waals surface area contributed by atoms with Crippen molar-refractivity contribution in [3.05, 3.63) is 64.9 Å². The molecule has 0 spiro atoms.